The molecule has 2 aromatic rings. The number of benzene rings is 1. The summed E-state index contributed by atoms with van der Waals surface area (Å²) in [6, 6.07) is 12.0. The minimum absolute atomic E-state index is 0.0925. The van der Waals surface area contributed by atoms with E-state index in [-0.39, 0.29) is 17.4 Å². The Kier molecular flexibility index (Phi) is 9.86. The smallest absolute Gasteiger partial charge is 0.115 e. The number of nitrogens with zero attached hydrogens (tertiary/aromatic N) is 1. The number of aryl methyl sites for hydroxylation is 1. The molecule has 220 valence electrons. The van der Waals surface area contributed by atoms with Gasteiger partial charge in [0, 0.05) is 18.2 Å². The molecule has 0 aliphatic heterocycles. The fourth-order valence-electron chi connectivity index (χ4n) is 8.87. The lowest BCUT2D eigenvalue weighted by molar-refractivity contribution is -0.0715. The van der Waals surface area contributed by atoms with Crippen LogP contribution in [0, 0.1) is 22.7 Å². The zero-order valence-electron chi connectivity index (χ0n) is 24.7. The molecule has 3 unspecified atom stereocenters. The number of aliphatic hydroxyl groups is 2. The third-order valence-corrected chi connectivity index (χ3v) is 11.1. The highest BCUT2D eigenvalue weighted by Gasteiger charge is 2.63. The predicted octanol–water partition coefficient (Wildman–Crippen LogP) is 6.89. The van der Waals surface area contributed by atoms with E-state index in [1.165, 1.54) is 56.1 Å². The van der Waals surface area contributed by atoms with Crippen LogP contribution in [0.15, 0.2) is 42.6 Å². The first kappa shape index (κ1) is 29.5. The second kappa shape index (κ2) is 13.4. The SMILES string of the molecule is C[C@]12CCC3c4ccc(O)cc4CCC3C1C[C@@](CO)(CCCCCCCCCCNCc1ccccn1)[C@@H]2O. The Morgan fingerprint density at radius 3 is 2.50 bits per heavy atom. The molecule has 6 atom stereocenters. The molecule has 0 amide bonds. The Morgan fingerprint density at radius 1 is 0.975 bits per heavy atom. The summed E-state index contributed by atoms with van der Waals surface area (Å²) in [5.41, 5.74) is 3.41. The zero-order valence-corrected chi connectivity index (χ0v) is 24.7. The lowest BCUT2D eigenvalue weighted by Crippen LogP contribution is -2.46. The topological polar surface area (TPSA) is 85.6 Å². The van der Waals surface area contributed by atoms with Crippen LogP contribution >= 0.6 is 0 Å². The first-order valence-electron chi connectivity index (χ1n) is 16.2. The lowest BCUT2D eigenvalue weighted by atomic mass is 9.55. The van der Waals surface area contributed by atoms with Crippen LogP contribution in [0.3, 0.4) is 0 Å². The number of hydrogen-bond acceptors (Lipinski definition) is 5. The second-order valence-electron chi connectivity index (χ2n) is 13.5. The number of pyridine rings is 1. The normalized spacial score (nSPS) is 31.0. The molecule has 0 saturated heterocycles. The van der Waals surface area contributed by atoms with Crippen LogP contribution < -0.4 is 5.32 Å². The van der Waals surface area contributed by atoms with Crippen molar-refractivity contribution in [3.8, 4) is 5.75 Å². The third kappa shape index (κ3) is 6.27. The van der Waals surface area contributed by atoms with E-state index in [4.69, 9.17) is 0 Å². The predicted molar refractivity (Wildman–Crippen MR) is 161 cm³/mol. The van der Waals surface area contributed by atoms with E-state index in [9.17, 15) is 15.3 Å². The number of rotatable bonds is 14. The van der Waals surface area contributed by atoms with E-state index in [0.29, 0.717) is 23.5 Å². The largest absolute Gasteiger partial charge is 0.508 e. The van der Waals surface area contributed by atoms with Gasteiger partial charge in [-0.25, -0.2) is 0 Å². The maximum Gasteiger partial charge on any atom is 0.115 e. The molecule has 1 heterocycles. The summed E-state index contributed by atoms with van der Waals surface area (Å²) in [5, 5.41) is 35.9. The summed E-state index contributed by atoms with van der Waals surface area (Å²) >= 11 is 0. The number of phenolic OH excluding ortho intramolecular Hbond substituents is 1. The monoisotopic (exact) mass is 548 g/mol. The summed E-state index contributed by atoms with van der Waals surface area (Å²) in [7, 11) is 0. The Morgan fingerprint density at radius 2 is 1.75 bits per heavy atom. The van der Waals surface area contributed by atoms with Crippen LogP contribution in [0.4, 0.5) is 0 Å². The van der Waals surface area contributed by atoms with Crippen molar-refractivity contribution in [1.82, 2.24) is 10.3 Å². The van der Waals surface area contributed by atoms with E-state index in [2.05, 4.69) is 29.4 Å². The van der Waals surface area contributed by atoms with Gasteiger partial charge in [-0.2, -0.15) is 0 Å². The van der Waals surface area contributed by atoms with Gasteiger partial charge < -0.3 is 20.6 Å². The van der Waals surface area contributed by atoms with Gasteiger partial charge in [0.25, 0.3) is 0 Å². The van der Waals surface area contributed by atoms with Crippen molar-refractivity contribution < 1.29 is 15.3 Å². The second-order valence-corrected chi connectivity index (χ2v) is 13.5. The highest BCUT2D eigenvalue weighted by molar-refractivity contribution is 5.40. The average Bonchev–Trinajstić information content (AvgIpc) is 3.20. The quantitative estimate of drug-likeness (QED) is 0.193. The Hall–Kier alpha value is -1.95. The average molecular weight is 549 g/mol. The fourth-order valence-corrected chi connectivity index (χ4v) is 8.87. The van der Waals surface area contributed by atoms with Gasteiger partial charge in [0.1, 0.15) is 5.75 Å². The molecule has 5 heteroatoms. The molecule has 0 spiro atoms. The molecular weight excluding hydrogens is 496 g/mol. The van der Waals surface area contributed by atoms with Gasteiger partial charge >= 0.3 is 0 Å². The molecule has 2 fully saturated rings. The van der Waals surface area contributed by atoms with Crippen LogP contribution in [0.25, 0.3) is 0 Å². The summed E-state index contributed by atoms with van der Waals surface area (Å²) in [5.74, 6) is 1.94. The highest BCUT2D eigenvalue weighted by Crippen LogP contribution is 2.66. The third-order valence-electron chi connectivity index (χ3n) is 11.1. The number of phenols is 1. The van der Waals surface area contributed by atoms with Crippen molar-refractivity contribution in [1.29, 1.82) is 0 Å². The number of aromatic hydroxyl groups is 1. The van der Waals surface area contributed by atoms with E-state index in [1.807, 2.05) is 30.5 Å². The summed E-state index contributed by atoms with van der Waals surface area (Å²) in [4.78, 5) is 4.35. The van der Waals surface area contributed by atoms with Crippen LogP contribution in [0.1, 0.15) is 113 Å². The van der Waals surface area contributed by atoms with Crippen molar-refractivity contribution in [2.75, 3.05) is 13.2 Å². The van der Waals surface area contributed by atoms with Gasteiger partial charge in [-0.05, 0) is 110 Å². The number of aliphatic hydroxyl groups excluding tert-OH is 2. The van der Waals surface area contributed by atoms with Crippen molar-refractivity contribution in [3.05, 3.63) is 59.4 Å². The van der Waals surface area contributed by atoms with Crippen molar-refractivity contribution in [2.45, 2.75) is 115 Å². The van der Waals surface area contributed by atoms with Gasteiger partial charge in [0.05, 0.1) is 18.4 Å². The highest BCUT2D eigenvalue weighted by atomic mass is 16.3. The molecule has 0 bridgehead atoms. The molecule has 3 aliphatic carbocycles. The van der Waals surface area contributed by atoms with Gasteiger partial charge in [0.15, 0.2) is 0 Å². The van der Waals surface area contributed by atoms with Crippen LogP contribution in [-0.4, -0.2) is 39.6 Å². The first-order valence-corrected chi connectivity index (χ1v) is 16.2. The summed E-state index contributed by atoms with van der Waals surface area (Å²) in [6.07, 6.45) is 17.6. The van der Waals surface area contributed by atoms with E-state index < -0.39 is 6.10 Å². The van der Waals surface area contributed by atoms with Gasteiger partial charge in [-0.3, -0.25) is 4.98 Å². The molecule has 5 rings (SSSR count). The van der Waals surface area contributed by atoms with Crippen LogP contribution in [-0.2, 0) is 13.0 Å². The van der Waals surface area contributed by atoms with Gasteiger partial charge in [-0.1, -0.05) is 64.0 Å². The standard InChI is InChI=1S/C35H52N2O3/c1-34-19-17-30-29-16-14-28(39)22-26(29)13-15-31(30)32(34)23-35(25-38,33(34)40)18-9-6-4-2-3-5-7-10-20-36-24-27-12-8-11-21-37-27/h8,11-12,14,16,21-22,30-33,36,38-40H,2-7,9-10,13,15,17-20,23-25H2,1H3/t30?,31?,32?,33-,34+,35-/m1/s1. The number of hydrogen-bond donors (Lipinski definition) is 4. The zero-order chi connectivity index (χ0) is 28.0. The molecule has 3 aliphatic rings. The van der Waals surface area contributed by atoms with E-state index in [0.717, 1.165) is 63.7 Å². The van der Waals surface area contributed by atoms with Crippen molar-refractivity contribution in [2.24, 2.45) is 22.7 Å². The fraction of sp³-hybridized carbons (Fsp3) is 0.686. The van der Waals surface area contributed by atoms with Crippen LogP contribution in [0.2, 0.25) is 0 Å². The molecule has 2 saturated carbocycles. The van der Waals surface area contributed by atoms with Crippen molar-refractivity contribution >= 4 is 0 Å². The number of unbranched alkanes of at least 4 members (excludes halogenated alkanes) is 7. The minimum Gasteiger partial charge on any atom is -0.508 e. The Labute approximate surface area is 241 Å². The van der Waals surface area contributed by atoms with Crippen molar-refractivity contribution in [3.63, 3.8) is 0 Å². The lowest BCUT2D eigenvalue weighted by Gasteiger charge is -2.50. The maximum atomic E-state index is 11.7. The van der Waals surface area contributed by atoms with Crippen LogP contribution in [0.5, 0.6) is 5.75 Å². The van der Waals surface area contributed by atoms with E-state index in [1.54, 1.807) is 0 Å². The molecule has 40 heavy (non-hydrogen) atoms. The Bertz CT molecular complexity index is 1080. The maximum absolute atomic E-state index is 11.7. The number of nitrogens with one attached hydrogen (secondary N) is 1. The molecule has 4 N–H and O–H groups in total. The molecule has 5 nitrogen and oxygen atoms in total. The Balaban J connectivity index is 1.02. The molecule has 1 aromatic heterocycles. The minimum atomic E-state index is -0.413. The summed E-state index contributed by atoms with van der Waals surface area (Å²) in [6.45, 7) is 4.33. The van der Waals surface area contributed by atoms with E-state index >= 15 is 0 Å². The van der Waals surface area contributed by atoms with Gasteiger partial charge in [0.2, 0.25) is 0 Å². The molecule has 1 aromatic carbocycles. The number of aromatic nitrogens is 1. The molecule has 0 radical (unpaired) electrons. The summed E-state index contributed by atoms with van der Waals surface area (Å²) < 4.78 is 0. The molecular formula is C35H52N2O3. The number of fused-ring (bicyclic) bond motifs is 5. The van der Waals surface area contributed by atoms with Gasteiger partial charge in [-0.15, -0.1) is 0 Å². The first-order chi connectivity index (χ1) is 19.5.